The Morgan fingerprint density at radius 3 is 3.12 bits per heavy atom. The summed E-state index contributed by atoms with van der Waals surface area (Å²) in [6, 6.07) is 7.37. The van der Waals surface area contributed by atoms with Crippen LogP contribution in [0.5, 0.6) is 0 Å². The van der Waals surface area contributed by atoms with Gasteiger partial charge >= 0.3 is 0 Å². The highest BCUT2D eigenvalue weighted by molar-refractivity contribution is 5.34. The second kappa shape index (κ2) is 5.25. The fourth-order valence-corrected chi connectivity index (χ4v) is 2.12. The summed E-state index contributed by atoms with van der Waals surface area (Å²) in [6.45, 7) is 5.91. The number of nitrogens with one attached hydrogen (secondary N) is 1. The summed E-state index contributed by atoms with van der Waals surface area (Å²) < 4.78 is 0. The second-order valence-corrected chi connectivity index (χ2v) is 4.45. The molecule has 1 aliphatic rings. The summed E-state index contributed by atoms with van der Waals surface area (Å²) in [5, 5.41) is 14.0. The van der Waals surface area contributed by atoms with E-state index in [0.717, 1.165) is 31.7 Å². The van der Waals surface area contributed by atoms with Gasteiger partial charge in [-0.05, 0) is 12.5 Å². The zero-order chi connectivity index (χ0) is 12.3. The fourth-order valence-electron chi connectivity index (χ4n) is 2.12. The molecule has 1 fully saturated rings. The van der Waals surface area contributed by atoms with Crippen molar-refractivity contribution in [2.24, 2.45) is 0 Å². The van der Waals surface area contributed by atoms with Crippen LogP contribution in [0, 0.1) is 10.1 Å². The molecule has 1 atom stereocenters. The predicted molar refractivity (Wildman–Crippen MR) is 65.8 cm³/mol. The molecule has 0 spiro atoms. The van der Waals surface area contributed by atoms with Crippen molar-refractivity contribution in [3.63, 3.8) is 0 Å². The molecule has 0 saturated carbocycles. The van der Waals surface area contributed by atoms with Gasteiger partial charge in [-0.3, -0.25) is 15.0 Å². The molecule has 0 bridgehead atoms. The lowest BCUT2D eigenvalue weighted by Gasteiger charge is -2.33. The number of hydrogen-bond donors (Lipinski definition) is 1. The van der Waals surface area contributed by atoms with Crippen LogP contribution in [0.15, 0.2) is 24.3 Å². The number of hydrogen-bond acceptors (Lipinski definition) is 4. The third-order valence-electron chi connectivity index (χ3n) is 3.15. The quantitative estimate of drug-likeness (QED) is 0.635. The molecule has 0 aliphatic carbocycles. The molecule has 5 heteroatoms. The van der Waals surface area contributed by atoms with Gasteiger partial charge in [0.1, 0.15) is 0 Å². The summed E-state index contributed by atoms with van der Waals surface area (Å²) in [6.07, 6.45) is 0. The molecule has 17 heavy (non-hydrogen) atoms. The van der Waals surface area contributed by atoms with Crippen LogP contribution in [-0.4, -0.2) is 35.5 Å². The highest BCUT2D eigenvalue weighted by Gasteiger charge is 2.18. The number of nitro benzene ring substituents is 1. The van der Waals surface area contributed by atoms with Gasteiger partial charge in [0.2, 0.25) is 0 Å². The van der Waals surface area contributed by atoms with Gasteiger partial charge in [-0.25, -0.2) is 0 Å². The number of rotatable bonds is 3. The standard InChI is InChI=1S/C12H17N3O2/c1-10-8-13-5-6-14(10)9-11-3-2-4-12(7-11)15(16)17/h2-4,7,10,13H,5-6,8-9H2,1H3. The number of non-ortho nitro benzene ring substituents is 1. The zero-order valence-corrected chi connectivity index (χ0v) is 9.93. The minimum absolute atomic E-state index is 0.172. The van der Waals surface area contributed by atoms with E-state index in [1.165, 1.54) is 6.07 Å². The van der Waals surface area contributed by atoms with E-state index in [4.69, 9.17) is 0 Å². The smallest absolute Gasteiger partial charge is 0.269 e. The van der Waals surface area contributed by atoms with E-state index in [0.29, 0.717) is 6.04 Å². The summed E-state index contributed by atoms with van der Waals surface area (Å²) >= 11 is 0. The molecule has 0 radical (unpaired) electrons. The van der Waals surface area contributed by atoms with E-state index in [9.17, 15) is 10.1 Å². The van der Waals surface area contributed by atoms with Gasteiger partial charge in [-0.15, -0.1) is 0 Å². The van der Waals surface area contributed by atoms with Gasteiger partial charge in [0.15, 0.2) is 0 Å². The van der Waals surface area contributed by atoms with E-state index in [-0.39, 0.29) is 10.6 Å². The SMILES string of the molecule is CC1CNCCN1Cc1cccc([N+](=O)[O-])c1. The third-order valence-corrected chi connectivity index (χ3v) is 3.15. The van der Waals surface area contributed by atoms with Crippen molar-refractivity contribution in [1.82, 2.24) is 10.2 Å². The van der Waals surface area contributed by atoms with Crippen LogP contribution in [0.4, 0.5) is 5.69 Å². The molecule has 1 aliphatic heterocycles. The van der Waals surface area contributed by atoms with Gasteiger partial charge < -0.3 is 5.32 Å². The van der Waals surface area contributed by atoms with Crippen molar-refractivity contribution in [3.05, 3.63) is 39.9 Å². The summed E-state index contributed by atoms with van der Waals surface area (Å²) in [5.74, 6) is 0. The molecule has 1 aromatic rings. The largest absolute Gasteiger partial charge is 0.314 e. The lowest BCUT2D eigenvalue weighted by atomic mass is 10.1. The molecule has 1 N–H and O–H groups in total. The Kier molecular flexibility index (Phi) is 3.71. The Balaban J connectivity index is 2.07. The highest BCUT2D eigenvalue weighted by Crippen LogP contribution is 2.16. The number of nitrogens with zero attached hydrogens (tertiary/aromatic N) is 2. The molecule has 0 aromatic heterocycles. The predicted octanol–water partition coefficient (Wildman–Crippen LogP) is 1.39. The topological polar surface area (TPSA) is 58.4 Å². The molecule has 1 aromatic carbocycles. The van der Waals surface area contributed by atoms with Crippen molar-refractivity contribution in [2.45, 2.75) is 19.5 Å². The van der Waals surface area contributed by atoms with Crippen LogP contribution in [0.3, 0.4) is 0 Å². The first-order valence-corrected chi connectivity index (χ1v) is 5.85. The lowest BCUT2D eigenvalue weighted by Crippen LogP contribution is -2.49. The van der Waals surface area contributed by atoms with Crippen molar-refractivity contribution in [2.75, 3.05) is 19.6 Å². The average molecular weight is 235 g/mol. The summed E-state index contributed by atoms with van der Waals surface area (Å²) in [5.41, 5.74) is 1.18. The van der Waals surface area contributed by atoms with Gasteiger partial charge in [-0.1, -0.05) is 12.1 Å². The second-order valence-electron chi connectivity index (χ2n) is 4.45. The first-order chi connectivity index (χ1) is 8.16. The summed E-state index contributed by atoms with van der Waals surface area (Å²) in [7, 11) is 0. The van der Waals surface area contributed by atoms with Gasteiger partial charge in [0.05, 0.1) is 4.92 Å². The van der Waals surface area contributed by atoms with Crippen LogP contribution < -0.4 is 5.32 Å². The Morgan fingerprint density at radius 1 is 1.59 bits per heavy atom. The Hall–Kier alpha value is -1.46. The van der Waals surface area contributed by atoms with Crippen molar-refractivity contribution < 1.29 is 4.92 Å². The van der Waals surface area contributed by atoms with E-state index in [1.807, 2.05) is 6.07 Å². The van der Waals surface area contributed by atoms with Crippen LogP contribution >= 0.6 is 0 Å². The first kappa shape index (κ1) is 12.0. The maximum atomic E-state index is 10.7. The molecule has 1 unspecified atom stereocenters. The minimum atomic E-state index is -0.343. The maximum Gasteiger partial charge on any atom is 0.269 e. The maximum absolute atomic E-state index is 10.7. The van der Waals surface area contributed by atoms with Gasteiger partial charge in [0.25, 0.3) is 5.69 Å². The Morgan fingerprint density at radius 2 is 2.41 bits per heavy atom. The minimum Gasteiger partial charge on any atom is -0.314 e. The molecular formula is C12H17N3O2. The van der Waals surface area contributed by atoms with Crippen LogP contribution in [0.1, 0.15) is 12.5 Å². The Labute approximate surface area is 101 Å². The molecule has 0 amide bonds. The third kappa shape index (κ3) is 3.01. The van der Waals surface area contributed by atoms with E-state index < -0.39 is 0 Å². The molecular weight excluding hydrogens is 218 g/mol. The molecule has 1 heterocycles. The van der Waals surface area contributed by atoms with E-state index >= 15 is 0 Å². The van der Waals surface area contributed by atoms with Gasteiger partial charge in [-0.2, -0.15) is 0 Å². The first-order valence-electron chi connectivity index (χ1n) is 5.85. The average Bonchev–Trinajstić information content (AvgIpc) is 2.32. The Bertz CT molecular complexity index is 408. The van der Waals surface area contributed by atoms with Crippen LogP contribution in [-0.2, 0) is 6.54 Å². The number of piperazine rings is 1. The lowest BCUT2D eigenvalue weighted by molar-refractivity contribution is -0.384. The van der Waals surface area contributed by atoms with Crippen LogP contribution in [0.2, 0.25) is 0 Å². The highest BCUT2D eigenvalue weighted by atomic mass is 16.6. The fraction of sp³-hybridized carbons (Fsp3) is 0.500. The monoisotopic (exact) mass is 235 g/mol. The molecule has 1 saturated heterocycles. The summed E-state index contributed by atoms with van der Waals surface area (Å²) in [4.78, 5) is 12.7. The van der Waals surface area contributed by atoms with Crippen LogP contribution in [0.25, 0.3) is 0 Å². The van der Waals surface area contributed by atoms with Crippen molar-refractivity contribution >= 4 is 5.69 Å². The normalized spacial score (nSPS) is 21.4. The zero-order valence-electron chi connectivity index (χ0n) is 9.93. The van der Waals surface area contributed by atoms with Gasteiger partial charge in [0, 0.05) is 44.4 Å². The van der Waals surface area contributed by atoms with E-state index in [1.54, 1.807) is 12.1 Å². The van der Waals surface area contributed by atoms with Crippen molar-refractivity contribution in [3.8, 4) is 0 Å². The van der Waals surface area contributed by atoms with E-state index in [2.05, 4.69) is 17.1 Å². The molecule has 5 nitrogen and oxygen atoms in total. The number of benzene rings is 1. The molecule has 92 valence electrons. The van der Waals surface area contributed by atoms with Crippen molar-refractivity contribution in [1.29, 1.82) is 0 Å². The molecule has 2 rings (SSSR count). The number of nitro groups is 1.